The summed E-state index contributed by atoms with van der Waals surface area (Å²) in [7, 11) is 0. The minimum Gasteiger partial charge on any atom is -0.341 e. The highest BCUT2D eigenvalue weighted by molar-refractivity contribution is 7.99. The van der Waals surface area contributed by atoms with Gasteiger partial charge in [0.2, 0.25) is 11.9 Å². The molecular weight excluding hydrogens is 348 g/mol. The Labute approximate surface area is 159 Å². The zero-order chi connectivity index (χ0) is 18.7. The molecule has 3 rings (SSSR count). The maximum Gasteiger partial charge on any atom is 0.231 e. The number of aromatic nitrogens is 3. The molecule has 1 aromatic heterocycles. The lowest BCUT2D eigenvalue weighted by Gasteiger charge is -2.28. The third kappa shape index (κ3) is 4.14. The number of hydrogen-bond acceptors (Lipinski definition) is 6. The molecule has 7 nitrogen and oxygen atoms in total. The first-order valence-electron chi connectivity index (χ1n) is 9.49. The molecule has 26 heavy (non-hydrogen) atoms. The lowest BCUT2D eigenvalue weighted by atomic mass is 9.90. The highest BCUT2D eigenvalue weighted by Gasteiger charge is 2.33. The van der Waals surface area contributed by atoms with Gasteiger partial charge in [0.15, 0.2) is 5.16 Å². The number of nitriles is 1. The lowest BCUT2D eigenvalue weighted by Crippen LogP contribution is -2.49. The van der Waals surface area contributed by atoms with Crippen LogP contribution in [0.3, 0.4) is 0 Å². The summed E-state index contributed by atoms with van der Waals surface area (Å²) in [6, 6.07) is 2.68. The van der Waals surface area contributed by atoms with Gasteiger partial charge < -0.3 is 10.2 Å². The van der Waals surface area contributed by atoms with Crippen molar-refractivity contribution in [3.8, 4) is 6.07 Å². The van der Waals surface area contributed by atoms with E-state index in [9.17, 15) is 10.1 Å². The van der Waals surface area contributed by atoms with Gasteiger partial charge in [-0.15, -0.1) is 10.2 Å². The monoisotopic (exact) mass is 376 g/mol. The van der Waals surface area contributed by atoms with Gasteiger partial charge in [-0.3, -0.25) is 9.36 Å². The number of amides is 1. The molecule has 0 unspecified atom stereocenters. The second kappa shape index (κ2) is 7.87. The number of hydrogen-bond donors (Lipinski definition) is 1. The zero-order valence-corrected chi connectivity index (χ0v) is 16.7. The number of carbonyl (C=O) groups excluding carboxylic acids is 1. The summed E-state index contributed by atoms with van der Waals surface area (Å²) in [5.41, 5.74) is -0.846. The predicted octanol–water partition coefficient (Wildman–Crippen LogP) is 2.75. The molecule has 1 atom stereocenters. The van der Waals surface area contributed by atoms with Crippen molar-refractivity contribution in [3.05, 3.63) is 0 Å². The van der Waals surface area contributed by atoms with E-state index in [0.29, 0.717) is 6.04 Å². The van der Waals surface area contributed by atoms with Gasteiger partial charge in [0.05, 0.1) is 11.8 Å². The number of anilines is 1. The van der Waals surface area contributed by atoms with Crippen LogP contribution in [0.2, 0.25) is 0 Å². The molecule has 2 heterocycles. The maximum absolute atomic E-state index is 12.3. The normalized spacial score (nSPS) is 19.9. The first kappa shape index (κ1) is 19.0. The second-order valence-electron chi connectivity index (χ2n) is 7.74. The van der Waals surface area contributed by atoms with Gasteiger partial charge in [-0.2, -0.15) is 5.26 Å². The number of nitrogens with one attached hydrogen (secondary N) is 1. The molecule has 142 valence electrons. The van der Waals surface area contributed by atoms with E-state index in [1.807, 2.05) is 13.8 Å². The summed E-state index contributed by atoms with van der Waals surface area (Å²) in [6.45, 7) is 7.70. The van der Waals surface area contributed by atoms with Crippen LogP contribution in [0.5, 0.6) is 0 Å². The molecule has 0 bridgehead atoms. The molecular formula is C18H28N6OS. The fourth-order valence-electron chi connectivity index (χ4n) is 3.09. The minimum atomic E-state index is -0.846. The molecule has 0 spiro atoms. The smallest absolute Gasteiger partial charge is 0.231 e. The van der Waals surface area contributed by atoms with Crippen LogP contribution >= 0.6 is 11.8 Å². The van der Waals surface area contributed by atoms with E-state index in [1.165, 1.54) is 31.0 Å². The van der Waals surface area contributed by atoms with Crippen molar-refractivity contribution in [2.24, 2.45) is 5.92 Å². The van der Waals surface area contributed by atoms with Crippen LogP contribution in [0.1, 0.15) is 58.9 Å². The summed E-state index contributed by atoms with van der Waals surface area (Å²) < 4.78 is 2.22. The van der Waals surface area contributed by atoms with Crippen LogP contribution in [0, 0.1) is 17.2 Å². The highest BCUT2D eigenvalue weighted by Crippen LogP contribution is 2.41. The fraction of sp³-hybridized carbons (Fsp3) is 0.778. The first-order chi connectivity index (χ1) is 12.4. The molecule has 1 aliphatic carbocycles. The van der Waals surface area contributed by atoms with Gasteiger partial charge in [0, 0.05) is 19.1 Å². The van der Waals surface area contributed by atoms with Gasteiger partial charge in [0.1, 0.15) is 5.54 Å². The number of carbonyl (C=O) groups is 1. The fourth-order valence-corrected chi connectivity index (χ4v) is 3.89. The van der Waals surface area contributed by atoms with Gasteiger partial charge in [-0.25, -0.2) is 0 Å². The zero-order valence-electron chi connectivity index (χ0n) is 15.9. The molecule has 2 aliphatic rings. The van der Waals surface area contributed by atoms with Crippen molar-refractivity contribution in [1.82, 2.24) is 20.1 Å². The van der Waals surface area contributed by atoms with Crippen molar-refractivity contribution in [1.29, 1.82) is 5.26 Å². The SMILES string of the molecule is CC(C)[C@](C)(C#N)NC(=O)CSc1nnc(N2CCCCC2)n1C1CC1. The Morgan fingerprint density at radius 1 is 1.35 bits per heavy atom. The standard InChI is InChI=1S/C18H28N6OS/c1-13(2)18(3,12-19)20-15(25)11-26-17-22-21-16(24(17)14-7-8-14)23-9-5-4-6-10-23/h13-14H,4-11H2,1-3H3,(H,20,25)/t18-/m0/s1. The van der Waals surface area contributed by atoms with E-state index in [1.54, 1.807) is 6.92 Å². The summed E-state index contributed by atoms with van der Waals surface area (Å²) in [6.07, 6.45) is 5.98. The summed E-state index contributed by atoms with van der Waals surface area (Å²) in [5.74, 6) is 1.11. The maximum atomic E-state index is 12.3. The number of nitrogens with zero attached hydrogens (tertiary/aromatic N) is 5. The number of piperidine rings is 1. The van der Waals surface area contributed by atoms with Crippen molar-refractivity contribution >= 4 is 23.6 Å². The molecule has 1 amide bonds. The summed E-state index contributed by atoms with van der Waals surface area (Å²) >= 11 is 1.41. The highest BCUT2D eigenvalue weighted by atomic mass is 32.2. The molecule has 1 saturated heterocycles. The minimum absolute atomic E-state index is 0.0438. The number of rotatable bonds is 7. The van der Waals surface area contributed by atoms with Crippen molar-refractivity contribution in [3.63, 3.8) is 0 Å². The summed E-state index contributed by atoms with van der Waals surface area (Å²) in [5, 5.41) is 21.8. The molecule has 1 aliphatic heterocycles. The molecule has 1 saturated carbocycles. The van der Waals surface area contributed by atoms with E-state index in [0.717, 1.165) is 37.0 Å². The van der Waals surface area contributed by atoms with Crippen molar-refractivity contribution in [2.45, 2.75) is 69.6 Å². The molecule has 1 aromatic rings. The van der Waals surface area contributed by atoms with Gasteiger partial charge >= 0.3 is 0 Å². The van der Waals surface area contributed by atoms with Crippen LogP contribution < -0.4 is 10.2 Å². The third-order valence-electron chi connectivity index (χ3n) is 5.32. The van der Waals surface area contributed by atoms with Crippen LogP contribution in [-0.2, 0) is 4.79 Å². The predicted molar refractivity (Wildman–Crippen MR) is 102 cm³/mol. The Bertz CT molecular complexity index is 686. The number of thioether (sulfide) groups is 1. The first-order valence-corrected chi connectivity index (χ1v) is 10.5. The van der Waals surface area contributed by atoms with E-state index in [4.69, 9.17) is 0 Å². The Kier molecular flexibility index (Phi) is 5.76. The van der Waals surface area contributed by atoms with E-state index >= 15 is 0 Å². The lowest BCUT2D eigenvalue weighted by molar-refractivity contribution is -0.120. The van der Waals surface area contributed by atoms with Crippen LogP contribution in [-0.4, -0.2) is 45.1 Å². The van der Waals surface area contributed by atoms with Gasteiger partial charge in [0.25, 0.3) is 0 Å². The Morgan fingerprint density at radius 2 is 2.04 bits per heavy atom. The second-order valence-corrected chi connectivity index (χ2v) is 8.68. The van der Waals surface area contributed by atoms with E-state index in [2.05, 4.69) is 31.1 Å². The van der Waals surface area contributed by atoms with Crippen molar-refractivity contribution in [2.75, 3.05) is 23.7 Å². The van der Waals surface area contributed by atoms with Crippen LogP contribution in [0.4, 0.5) is 5.95 Å². The molecule has 1 N–H and O–H groups in total. The van der Waals surface area contributed by atoms with E-state index in [-0.39, 0.29) is 17.6 Å². The molecule has 0 aromatic carbocycles. The molecule has 2 fully saturated rings. The average molecular weight is 377 g/mol. The van der Waals surface area contributed by atoms with Gasteiger partial charge in [-0.05, 0) is 44.9 Å². The van der Waals surface area contributed by atoms with Crippen LogP contribution in [0.15, 0.2) is 5.16 Å². The Balaban J connectivity index is 1.66. The van der Waals surface area contributed by atoms with Crippen LogP contribution in [0.25, 0.3) is 0 Å². The summed E-state index contributed by atoms with van der Waals surface area (Å²) in [4.78, 5) is 14.7. The third-order valence-corrected chi connectivity index (χ3v) is 6.26. The molecule has 0 radical (unpaired) electrons. The quantitative estimate of drug-likeness (QED) is 0.736. The topological polar surface area (TPSA) is 86.8 Å². The van der Waals surface area contributed by atoms with Gasteiger partial charge in [-0.1, -0.05) is 25.6 Å². The Morgan fingerprint density at radius 3 is 2.62 bits per heavy atom. The molecule has 8 heteroatoms. The van der Waals surface area contributed by atoms with E-state index < -0.39 is 5.54 Å². The largest absolute Gasteiger partial charge is 0.341 e. The average Bonchev–Trinajstić information content (AvgIpc) is 3.39. The Hall–Kier alpha value is -1.75. The van der Waals surface area contributed by atoms with Crippen molar-refractivity contribution < 1.29 is 4.79 Å².